The maximum atomic E-state index is 13.2. The molecule has 2 N–H and O–H groups in total. The molecule has 3 rings (SSSR count). The predicted octanol–water partition coefficient (Wildman–Crippen LogP) is 2.72. The molecule has 0 saturated heterocycles. The van der Waals surface area contributed by atoms with Gasteiger partial charge in [0.1, 0.15) is 11.8 Å². The van der Waals surface area contributed by atoms with Crippen molar-refractivity contribution in [3.63, 3.8) is 0 Å². The van der Waals surface area contributed by atoms with Crippen LogP contribution in [0.4, 0.5) is 14.5 Å². The van der Waals surface area contributed by atoms with Crippen LogP contribution in [-0.2, 0) is 9.59 Å². The van der Waals surface area contributed by atoms with Crippen LogP contribution in [0.1, 0.15) is 23.2 Å². The van der Waals surface area contributed by atoms with Gasteiger partial charge in [0, 0.05) is 24.0 Å². The highest BCUT2D eigenvalue weighted by Gasteiger charge is 2.22. The fraction of sp³-hybridized carbons (Fsp3) is 0.211. The molecule has 3 aromatic rings. The molecule has 0 radical (unpaired) electrons. The second kappa shape index (κ2) is 8.03. The molecule has 2 heterocycles. The molecule has 1 aromatic carbocycles. The molecule has 146 valence electrons. The highest BCUT2D eigenvalue weighted by atomic mass is 19.2. The number of hydrogen-bond acceptors (Lipinski definition) is 4. The first-order valence-corrected chi connectivity index (χ1v) is 8.45. The second-order valence-corrected chi connectivity index (χ2v) is 6.20. The molecule has 0 aliphatic heterocycles. The number of amides is 2. The van der Waals surface area contributed by atoms with E-state index >= 15 is 0 Å². The largest absolute Gasteiger partial charge is 0.467 e. The molecular weight excluding hydrogens is 370 g/mol. The lowest BCUT2D eigenvalue weighted by molar-refractivity contribution is -0.136. The van der Waals surface area contributed by atoms with E-state index in [9.17, 15) is 18.4 Å². The molecular formula is C19H18F2N4O3. The van der Waals surface area contributed by atoms with E-state index in [2.05, 4.69) is 15.7 Å². The van der Waals surface area contributed by atoms with E-state index < -0.39 is 29.5 Å². The molecule has 7 nitrogen and oxygen atoms in total. The summed E-state index contributed by atoms with van der Waals surface area (Å²) in [6, 6.07) is 7.70. The van der Waals surface area contributed by atoms with Gasteiger partial charge >= 0.3 is 11.8 Å². The molecule has 2 amide bonds. The number of furan rings is 1. The van der Waals surface area contributed by atoms with E-state index in [4.69, 9.17) is 4.42 Å². The molecule has 0 bridgehead atoms. The van der Waals surface area contributed by atoms with Gasteiger partial charge in [-0.1, -0.05) is 0 Å². The maximum Gasteiger partial charge on any atom is 0.313 e. The monoisotopic (exact) mass is 388 g/mol. The zero-order valence-corrected chi connectivity index (χ0v) is 15.2. The number of carbonyl (C=O) groups is 2. The predicted molar refractivity (Wildman–Crippen MR) is 96.5 cm³/mol. The number of nitrogens with zero attached hydrogens (tertiary/aromatic N) is 2. The number of rotatable bonds is 5. The average molecular weight is 388 g/mol. The first-order chi connectivity index (χ1) is 13.3. The first-order valence-electron chi connectivity index (χ1n) is 8.45. The summed E-state index contributed by atoms with van der Waals surface area (Å²) in [5.41, 5.74) is 1.64. The van der Waals surface area contributed by atoms with Crippen LogP contribution in [0.25, 0.3) is 0 Å². The third kappa shape index (κ3) is 4.25. The Hall–Kier alpha value is -3.49. The summed E-state index contributed by atoms with van der Waals surface area (Å²) >= 11 is 0. The van der Waals surface area contributed by atoms with Gasteiger partial charge in [-0.3, -0.25) is 14.3 Å². The van der Waals surface area contributed by atoms with Crippen molar-refractivity contribution in [3.8, 4) is 0 Å². The number of halogens is 2. The Bertz CT molecular complexity index is 999. The summed E-state index contributed by atoms with van der Waals surface area (Å²) in [6.45, 7) is 3.75. The number of carbonyl (C=O) groups excluding carboxylic acids is 2. The number of aryl methyl sites for hydroxylation is 2. The van der Waals surface area contributed by atoms with Crippen molar-refractivity contribution in [3.05, 3.63) is 71.4 Å². The van der Waals surface area contributed by atoms with Crippen molar-refractivity contribution in [2.24, 2.45) is 0 Å². The van der Waals surface area contributed by atoms with Crippen LogP contribution in [0.2, 0.25) is 0 Å². The molecule has 1 unspecified atom stereocenters. The van der Waals surface area contributed by atoms with Crippen LogP contribution < -0.4 is 10.6 Å². The molecule has 0 saturated carbocycles. The van der Waals surface area contributed by atoms with E-state index in [1.165, 1.54) is 6.26 Å². The summed E-state index contributed by atoms with van der Waals surface area (Å²) in [5.74, 6) is -3.54. The summed E-state index contributed by atoms with van der Waals surface area (Å²) in [7, 11) is 0. The Morgan fingerprint density at radius 2 is 1.93 bits per heavy atom. The highest BCUT2D eigenvalue weighted by molar-refractivity contribution is 6.39. The van der Waals surface area contributed by atoms with Crippen molar-refractivity contribution >= 4 is 17.5 Å². The number of anilines is 1. The molecule has 0 aliphatic carbocycles. The van der Waals surface area contributed by atoms with Crippen LogP contribution in [0.15, 0.2) is 47.1 Å². The van der Waals surface area contributed by atoms with Crippen molar-refractivity contribution in [1.82, 2.24) is 15.1 Å². The first kappa shape index (κ1) is 19.3. The molecule has 0 fully saturated rings. The van der Waals surface area contributed by atoms with Gasteiger partial charge in [0.2, 0.25) is 0 Å². The second-order valence-electron chi connectivity index (χ2n) is 6.20. The molecule has 0 aliphatic rings. The Labute approximate surface area is 159 Å². The van der Waals surface area contributed by atoms with Crippen LogP contribution >= 0.6 is 0 Å². The summed E-state index contributed by atoms with van der Waals surface area (Å²) in [5, 5.41) is 9.14. The van der Waals surface area contributed by atoms with Gasteiger partial charge in [-0.15, -0.1) is 0 Å². The molecule has 28 heavy (non-hydrogen) atoms. The van der Waals surface area contributed by atoms with Crippen molar-refractivity contribution in [2.75, 3.05) is 11.9 Å². The number of benzene rings is 1. The van der Waals surface area contributed by atoms with E-state index in [1.54, 1.807) is 16.8 Å². The minimum absolute atomic E-state index is 0.0276. The van der Waals surface area contributed by atoms with E-state index in [0.29, 0.717) is 5.76 Å². The number of nitrogens with one attached hydrogen (secondary N) is 2. The lowest BCUT2D eigenvalue weighted by atomic mass is 10.2. The Kier molecular flexibility index (Phi) is 5.53. The Morgan fingerprint density at radius 3 is 2.54 bits per heavy atom. The minimum Gasteiger partial charge on any atom is -0.467 e. The third-order valence-corrected chi connectivity index (χ3v) is 4.05. The van der Waals surface area contributed by atoms with Crippen molar-refractivity contribution in [1.29, 1.82) is 0 Å². The van der Waals surface area contributed by atoms with Gasteiger partial charge in [-0.05, 0) is 44.2 Å². The fourth-order valence-corrected chi connectivity index (χ4v) is 2.78. The Balaban J connectivity index is 1.68. The van der Waals surface area contributed by atoms with Crippen molar-refractivity contribution in [2.45, 2.75) is 19.9 Å². The molecule has 2 aromatic heterocycles. The lowest BCUT2D eigenvalue weighted by Crippen LogP contribution is -2.39. The van der Waals surface area contributed by atoms with Gasteiger partial charge < -0.3 is 15.1 Å². The van der Waals surface area contributed by atoms with E-state index in [0.717, 1.165) is 29.6 Å². The number of hydrogen-bond donors (Lipinski definition) is 2. The number of aromatic nitrogens is 2. The van der Waals surface area contributed by atoms with Gasteiger partial charge in [0.25, 0.3) is 0 Å². The summed E-state index contributed by atoms with van der Waals surface area (Å²) in [4.78, 5) is 24.2. The SMILES string of the molecule is Cc1cc(C)n(C(CNC(=O)C(=O)Nc2ccc(F)c(F)c2)c2ccco2)n1. The summed E-state index contributed by atoms with van der Waals surface area (Å²) in [6.07, 6.45) is 1.51. The van der Waals surface area contributed by atoms with Gasteiger partial charge in [-0.2, -0.15) is 5.10 Å². The van der Waals surface area contributed by atoms with Crippen LogP contribution in [-0.4, -0.2) is 28.1 Å². The zero-order chi connectivity index (χ0) is 20.3. The van der Waals surface area contributed by atoms with Gasteiger partial charge in [0.15, 0.2) is 11.6 Å². The van der Waals surface area contributed by atoms with Crippen molar-refractivity contribution < 1.29 is 22.8 Å². The topological polar surface area (TPSA) is 89.2 Å². The fourth-order valence-electron chi connectivity index (χ4n) is 2.78. The molecule has 0 spiro atoms. The van der Waals surface area contributed by atoms with E-state index in [1.807, 2.05) is 19.9 Å². The Morgan fingerprint density at radius 1 is 1.14 bits per heavy atom. The smallest absolute Gasteiger partial charge is 0.313 e. The molecule has 9 heteroatoms. The van der Waals surface area contributed by atoms with Crippen LogP contribution in [0, 0.1) is 25.5 Å². The van der Waals surface area contributed by atoms with Gasteiger partial charge in [-0.25, -0.2) is 8.78 Å². The average Bonchev–Trinajstić information content (AvgIpc) is 3.28. The van der Waals surface area contributed by atoms with Gasteiger partial charge in [0.05, 0.1) is 12.0 Å². The maximum absolute atomic E-state index is 13.2. The van der Waals surface area contributed by atoms with Crippen LogP contribution in [0.5, 0.6) is 0 Å². The third-order valence-electron chi connectivity index (χ3n) is 4.05. The van der Waals surface area contributed by atoms with Crippen LogP contribution in [0.3, 0.4) is 0 Å². The minimum atomic E-state index is -1.12. The zero-order valence-electron chi connectivity index (χ0n) is 15.2. The van der Waals surface area contributed by atoms with E-state index in [-0.39, 0.29) is 12.2 Å². The standard InChI is InChI=1S/C19H18F2N4O3/c1-11-8-12(2)25(24-11)16(17-4-3-7-28-17)10-22-18(26)19(27)23-13-5-6-14(20)15(21)9-13/h3-9,16H,10H2,1-2H3,(H,22,26)(H,23,27). The summed E-state index contributed by atoms with van der Waals surface area (Å²) < 4.78 is 33.3. The molecule has 1 atom stereocenters. The quantitative estimate of drug-likeness (QED) is 0.658. The highest BCUT2D eigenvalue weighted by Crippen LogP contribution is 2.20. The lowest BCUT2D eigenvalue weighted by Gasteiger charge is -2.18. The normalized spacial score (nSPS) is 11.9.